The molecule has 0 bridgehead atoms. The molecule has 2 rings (SSSR count). The van der Waals surface area contributed by atoms with Crippen LogP contribution in [0.5, 0.6) is 0 Å². The maximum atomic E-state index is 12.0. The van der Waals surface area contributed by atoms with Crippen LogP contribution in [0.2, 0.25) is 0 Å². The number of para-hydroxylation sites is 1. The molecule has 1 saturated heterocycles. The number of cyclic esters (lactones) is 1. The minimum atomic E-state index is -4.49. The topological polar surface area (TPSA) is 83.9 Å². The van der Waals surface area contributed by atoms with E-state index >= 15 is 0 Å². The summed E-state index contributed by atoms with van der Waals surface area (Å²) in [5, 5.41) is 0. The molecule has 1 aromatic carbocycles. The van der Waals surface area contributed by atoms with Crippen LogP contribution in [0.25, 0.3) is 0 Å². The average Bonchev–Trinajstić information content (AvgIpc) is 2.78. The number of hydrogen-bond donors (Lipinski definition) is 1. The third-order valence-corrected chi connectivity index (χ3v) is 5.14. The van der Waals surface area contributed by atoms with Crippen LogP contribution in [-0.2, 0) is 14.9 Å². The van der Waals surface area contributed by atoms with E-state index < -0.39 is 21.1 Å². The molecule has 0 saturated carbocycles. The van der Waals surface area contributed by atoms with Crippen molar-refractivity contribution in [1.29, 1.82) is 0 Å². The number of anilines is 1. The van der Waals surface area contributed by atoms with Crippen LogP contribution in [0.1, 0.15) is 32.6 Å². The Hall–Kier alpha value is -1.60. The van der Waals surface area contributed by atoms with Crippen LogP contribution in [0.4, 0.5) is 10.5 Å². The molecule has 1 aromatic rings. The summed E-state index contributed by atoms with van der Waals surface area (Å²) in [6, 6.07) is 8.39. The normalized spacial score (nSPS) is 22.4. The highest BCUT2D eigenvalue weighted by atomic mass is 32.2. The van der Waals surface area contributed by atoms with E-state index in [0.29, 0.717) is 12.1 Å². The van der Waals surface area contributed by atoms with Gasteiger partial charge < -0.3 is 4.74 Å². The Kier molecular flexibility index (Phi) is 4.53. The van der Waals surface area contributed by atoms with Gasteiger partial charge in [-0.05, 0) is 25.0 Å². The molecule has 1 aliphatic rings. The summed E-state index contributed by atoms with van der Waals surface area (Å²) in [6.07, 6.45) is 1.68. The van der Waals surface area contributed by atoms with Crippen LogP contribution < -0.4 is 4.90 Å². The molecule has 1 N–H and O–H groups in total. The molecule has 1 amide bonds. The molecule has 1 unspecified atom stereocenters. The van der Waals surface area contributed by atoms with E-state index in [1.807, 2.05) is 6.92 Å². The molecule has 0 aromatic heterocycles. The van der Waals surface area contributed by atoms with E-state index in [1.165, 1.54) is 0 Å². The van der Waals surface area contributed by atoms with E-state index in [0.717, 1.165) is 17.7 Å². The SMILES string of the molecule is CCCCCC1(S(=O)(=O)O)COC(=O)N1c1ccccc1. The molecule has 1 atom stereocenters. The number of nitrogens with zero attached hydrogens (tertiary/aromatic N) is 1. The second kappa shape index (κ2) is 6.03. The highest BCUT2D eigenvalue weighted by Gasteiger charge is 2.57. The van der Waals surface area contributed by atoms with Gasteiger partial charge in [0.25, 0.3) is 10.1 Å². The fourth-order valence-corrected chi connectivity index (χ4v) is 3.56. The van der Waals surface area contributed by atoms with Gasteiger partial charge in [0.2, 0.25) is 4.87 Å². The Morgan fingerprint density at radius 3 is 2.52 bits per heavy atom. The van der Waals surface area contributed by atoms with Gasteiger partial charge in [-0.25, -0.2) is 4.79 Å². The lowest BCUT2D eigenvalue weighted by Crippen LogP contribution is -2.53. The molecule has 0 radical (unpaired) electrons. The number of unbranched alkanes of at least 4 members (excludes halogenated alkanes) is 2. The van der Waals surface area contributed by atoms with Crippen molar-refractivity contribution in [2.24, 2.45) is 0 Å². The third kappa shape index (κ3) is 2.89. The zero-order valence-electron chi connectivity index (χ0n) is 11.9. The molecule has 0 spiro atoms. The van der Waals surface area contributed by atoms with E-state index in [1.54, 1.807) is 30.3 Å². The fourth-order valence-electron chi connectivity index (χ4n) is 2.54. The summed E-state index contributed by atoms with van der Waals surface area (Å²) < 4.78 is 38.6. The number of carbonyl (C=O) groups is 1. The Morgan fingerprint density at radius 2 is 1.95 bits per heavy atom. The second-order valence-electron chi connectivity index (χ2n) is 5.10. The molecular weight excluding hydrogens is 294 g/mol. The predicted octanol–water partition coefficient (Wildman–Crippen LogP) is 2.81. The first-order valence-electron chi connectivity index (χ1n) is 6.91. The average molecular weight is 313 g/mol. The van der Waals surface area contributed by atoms with Gasteiger partial charge in [0.05, 0.1) is 0 Å². The maximum Gasteiger partial charge on any atom is 0.415 e. The molecular formula is C14H19NO5S. The maximum absolute atomic E-state index is 12.0. The minimum Gasteiger partial charge on any atom is -0.445 e. The Bertz CT molecular complexity index is 601. The highest BCUT2D eigenvalue weighted by Crippen LogP contribution is 2.38. The van der Waals surface area contributed by atoms with Gasteiger partial charge in [0.15, 0.2) is 0 Å². The molecule has 7 heteroatoms. The summed E-state index contributed by atoms with van der Waals surface area (Å²) in [7, 11) is -4.49. The van der Waals surface area contributed by atoms with Crippen molar-refractivity contribution in [2.45, 2.75) is 37.5 Å². The van der Waals surface area contributed by atoms with Crippen molar-refractivity contribution in [3.63, 3.8) is 0 Å². The zero-order valence-corrected chi connectivity index (χ0v) is 12.7. The van der Waals surface area contributed by atoms with Crippen LogP contribution in [0.15, 0.2) is 30.3 Å². The van der Waals surface area contributed by atoms with Crippen molar-refractivity contribution in [1.82, 2.24) is 0 Å². The largest absolute Gasteiger partial charge is 0.445 e. The first-order valence-corrected chi connectivity index (χ1v) is 8.35. The quantitative estimate of drug-likeness (QED) is 0.645. The molecule has 1 aliphatic heterocycles. The van der Waals surface area contributed by atoms with Crippen molar-refractivity contribution >= 4 is 21.9 Å². The molecule has 1 heterocycles. The summed E-state index contributed by atoms with van der Waals surface area (Å²) in [4.78, 5) is 11.3. The number of ether oxygens (including phenoxy) is 1. The molecule has 21 heavy (non-hydrogen) atoms. The first-order chi connectivity index (χ1) is 9.92. The summed E-state index contributed by atoms with van der Waals surface area (Å²) in [6.45, 7) is 1.63. The zero-order chi connectivity index (χ0) is 15.5. The number of rotatable bonds is 6. The van der Waals surface area contributed by atoms with Crippen LogP contribution in [-0.4, -0.2) is 30.5 Å². The van der Waals surface area contributed by atoms with Gasteiger partial charge in [0.1, 0.15) is 6.61 Å². The lowest BCUT2D eigenvalue weighted by atomic mass is 10.1. The highest BCUT2D eigenvalue weighted by molar-refractivity contribution is 7.87. The van der Waals surface area contributed by atoms with E-state index in [2.05, 4.69) is 0 Å². The van der Waals surface area contributed by atoms with Gasteiger partial charge in [0, 0.05) is 5.69 Å². The number of amides is 1. The van der Waals surface area contributed by atoms with E-state index in [4.69, 9.17) is 4.74 Å². The fraction of sp³-hybridized carbons (Fsp3) is 0.500. The summed E-state index contributed by atoms with van der Waals surface area (Å²) >= 11 is 0. The molecule has 1 fully saturated rings. The summed E-state index contributed by atoms with van der Waals surface area (Å²) in [5.74, 6) is 0. The Morgan fingerprint density at radius 1 is 1.29 bits per heavy atom. The third-order valence-electron chi connectivity index (χ3n) is 3.68. The molecule has 0 aliphatic carbocycles. The second-order valence-corrected chi connectivity index (χ2v) is 6.81. The van der Waals surface area contributed by atoms with Crippen molar-refractivity contribution in [2.75, 3.05) is 11.5 Å². The Balaban J connectivity index is 2.44. The van der Waals surface area contributed by atoms with Gasteiger partial charge >= 0.3 is 6.09 Å². The standard InChI is InChI=1S/C14H19NO5S/c1-2-3-7-10-14(21(17,18)19)11-20-13(16)15(14)12-8-5-4-6-9-12/h4-6,8-9H,2-3,7,10-11H2,1H3,(H,17,18,19). The smallest absolute Gasteiger partial charge is 0.415 e. The lowest BCUT2D eigenvalue weighted by molar-refractivity contribution is 0.176. The van der Waals surface area contributed by atoms with Crippen molar-refractivity contribution in [3.8, 4) is 0 Å². The lowest BCUT2D eigenvalue weighted by Gasteiger charge is -2.32. The predicted molar refractivity (Wildman–Crippen MR) is 78.7 cm³/mol. The van der Waals surface area contributed by atoms with E-state index in [-0.39, 0.29) is 13.0 Å². The minimum absolute atomic E-state index is 0.139. The number of benzene rings is 1. The van der Waals surface area contributed by atoms with Gasteiger partial charge in [-0.1, -0.05) is 38.0 Å². The van der Waals surface area contributed by atoms with Crippen LogP contribution in [0, 0.1) is 0 Å². The molecule has 116 valence electrons. The van der Waals surface area contributed by atoms with Gasteiger partial charge in [-0.3, -0.25) is 9.45 Å². The monoisotopic (exact) mass is 313 g/mol. The number of hydrogen-bond acceptors (Lipinski definition) is 4. The van der Waals surface area contributed by atoms with Crippen molar-refractivity contribution < 1.29 is 22.5 Å². The van der Waals surface area contributed by atoms with Gasteiger partial charge in [-0.15, -0.1) is 0 Å². The Labute approximate surface area is 124 Å². The molecule has 6 nitrogen and oxygen atoms in total. The van der Waals surface area contributed by atoms with Crippen molar-refractivity contribution in [3.05, 3.63) is 30.3 Å². The van der Waals surface area contributed by atoms with E-state index in [9.17, 15) is 17.8 Å². The van der Waals surface area contributed by atoms with Crippen LogP contribution >= 0.6 is 0 Å². The summed E-state index contributed by atoms with van der Waals surface area (Å²) in [5.41, 5.74) is 0.397. The van der Waals surface area contributed by atoms with Gasteiger partial charge in [-0.2, -0.15) is 8.42 Å². The van der Waals surface area contributed by atoms with Crippen LogP contribution in [0.3, 0.4) is 0 Å². The first kappa shape index (κ1) is 15.8. The number of carbonyl (C=O) groups excluding carboxylic acids is 1.